The Bertz CT molecular complexity index is 522. The molecule has 0 bridgehead atoms. The number of ether oxygens (including phenoxy) is 1. The van der Waals surface area contributed by atoms with Gasteiger partial charge in [-0.2, -0.15) is 0 Å². The lowest BCUT2D eigenvalue weighted by Crippen LogP contribution is -2.43. The van der Waals surface area contributed by atoms with E-state index in [0.29, 0.717) is 25.2 Å². The molecule has 1 saturated carbocycles. The minimum atomic E-state index is -3.09. The average molecular weight is 337 g/mol. The summed E-state index contributed by atoms with van der Waals surface area (Å²) in [6.07, 6.45) is 6.56. The summed E-state index contributed by atoms with van der Waals surface area (Å²) in [5.41, 5.74) is 1.21. The molecule has 0 spiro atoms. The molecule has 1 aliphatic carbocycles. The molecule has 1 heterocycles. The Morgan fingerprint density at radius 1 is 1.13 bits per heavy atom. The van der Waals surface area contributed by atoms with Crippen LogP contribution in [0.2, 0.25) is 0 Å². The summed E-state index contributed by atoms with van der Waals surface area (Å²) in [5, 5.41) is 3.45. The second kappa shape index (κ2) is 7.94. The second-order valence-electron chi connectivity index (χ2n) is 7.04. The Balaban J connectivity index is 1.47. The monoisotopic (exact) mass is 337 g/mol. The van der Waals surface area contributed by atoms with E-state index in [1.807, 2.05) is 18.2 Å². The van der Waals surface area contributed by atoms with Crippen molar-refractivity contribution < 1.29 is 14.2 Å². The summed E-state index contributed by atoms with van der Waals surface area (Å²) >= 11 is 0. The van der Waals surface area contributed by atoms with Crippen LogP contribution in [-0.2, 0) is 9.30 Å². The smallest absolute Gasteiger partial charge is 0.203 e. The van der Waals surface area contributed by atoms with Crippen LogP contribution >= 0.6 is 7.37 Å². The molecule has 1 aromatic carbocycles. The summed E-state index contributed by atoms with van der Waals surface area (Å²) < 4.78 is 18.4. The molecule has 2 N–H and O–H groups in total. The molecule has 3 rings (SSSR count). The second-order valence-corrected chi connectivity index (χ2v) is 9.47. The number of morpholine rings is 1. The van der Waals surface area contributed by atoms with Crippen molar-refractivity contribution in [2.75, 3.05) is 25.5 Å². The highest BCUT2D eigenvalue weighted by Gasteiger charge is 2.31. The van der Waals surface area contributed by atoms with Crippen LogP contribution in [0, 0.1) is 5.92 Å². The zero-order chi connectivity index (χ0) is 16.1. The molecular weight excluding hydrogens is 309 g/mol. The van der Waals surface area contributed by atoms with Crippen molar-refractivity contribution in [3.05, 3.63) is 35.9 Å². The van der Waals surface area contributed by atoms with Crippen molar-refractivity contribution in [1.29, 1.82) is 0 Å². The van der Waals surface area contributed by atoms with Crippen LogP contribution in [0.3, 0.4) is 0 Å². The standard InChI is InChI=1S/C18H28NO3P/c20-23(21,13-15-7-3-1-4-8-15)14-17-11-19-18(12-22-17)16-9-5-2-6-10-16/h2,5-6,9-10,15,17-19H,1,3-4,7-8,11-14H2,(H,20,21)/t17?,18-/m0/s1. The van der Waals surface area contributed by atoms with E-state index in [0.717, 1.165) is 12.8 Å². The van der Waals surface area contributed by atoms with Crippen LogP contribution in [0.4, 0.5) is 0 Å². The Kier molecular flexibility index (Phi) is 5.92. The number of hydrogen-bond acceptors (Lipinski definition) is 3. The third-order valence-electron chi connectivity index (χ3n) is 5.05. The highest BCUT2D eigenvalue weighted by molar-refractivity contribution is 7.58. The first-order chi connectivity index (χ1) is 11.1. The Labute approximate surface area is 139 Å². The molecule has 4 nitrogen and oxygen atoms in total. The number of rotatable bonds is 5. The van der Waals surface area contributed by atoms with Crippen molar-refractivity contribution in [3.8, 4) is 0 Å². The maximum atomic E-state index is 12.5. The first-order valence-electron chi connectivity index (χ1n) is 8.83. The third kappa shape index (κ3) is 5.15. The van der Waals surface area contributed by atoms with E-state index in [4.69, 9.17) is 4.74 Å². The van der Waals surface area contributed by atoms with Crippen molar-refractivity contribution in [2.24, 2.45) is 5.92 Å². The van der Waals surface area contributed by atoms with Gasteiger partial charge in [0.25, 0.3) is 0 Å². The normalized spacial score (nSPS) is 29.1. The van der Waals surface area contributed by atoms with Gasteiger partial charge in [-0.1, -0.05) is 49.6 Å². The fraction of sp³-hybridized carbons (Fsp3) is 0.667. The van der Waals surface area contributed by atoms with E-state index in [1.165, 1.54) is 24.8 Å². The van der Waals surface area contributed by atoms with Gasteiger partial charge in [-0.25, -0.2) is 0 Å². The quantitative estimate of drug-likeness (QED) is 0.807. The molecule has 1 saturated heterocycles. The Morgan fingerprint density at radius 2 is 1.87 bits per heavy atom. The van der Waals surface area contributed by atoms with Crippen LogP contribution in [0.15, 0.2) is 30.3 Å². The Morgan fingerprint density at radius 3 is 2.52 bits per heavy atom. The lowest BCUT2D eigenvalue weighted by molar-refractivity contribution is 0.0156. The molecule has 23 heavy (non-hydrogen) atoms. The van der Waals surface area contributed by atoms with E-state index in [1.54, 1.807) is 0 Å². The van der Waals surface area contributed by atoms with Crippen LogP contribution in [0.5, 0.6) is 0 Å². The largest absolute Gasteiger partial charge is 0.374 e. The Hall–Kier alpha value is -0.670. The molecule has 2 aliphatic rings. The fourth-order valence-corrected chi connectivity index (χ4v) is 6.00. The predicted octanol–water partition coefficient (Wildman–Crippen LogP) is 3.57. The molecule has 5 heteroatoms. The van der Waals surface area contributed by atoms with Gasteiger partial charge in [-0.15, -0.1) is 0 Å². The van der Waals surface area contributed by atoms with Gasteiger partial charge in [0, 0.05) is 12.7 Å². The van der Waals surface area contributed by atoms with Gasteiger partial charge in [0.05, 0.1) is 24.9 Å². The molecule has 128 valence electrons. The van der Waals surface area contributed by atoms with Gasteiger partial charge < -0.3 is 14.9 Å². The van der Waals surface area contributed by atoms with Crippen molar-refractivity contribution in [2.45, 2.75) is 44.2 Å². The summed E-state index contributed by atoms with van der Waals surface area (Å²) in [7, 11) is -3.09. The minimum Gasteiger partial charge on any atom is -0.374 e. The molecule has 1 aromatic rings. The number of nitrogens with one attached hydrogen (secondary N) is 1. The third-order valence-corrected chi connectivity index (χ3v) is 7.11. The topological polar surface area (TPSA) is 58.6 Å². The van der Waals surface area contributed by atoms with E-state index >= 15 is 0 Å². The first kappa shape index (κ1) is 17.2. The summed E-state index contributed by atoms with van der Waals surface area (Å²) in [4.78, 5) is 10.3. The number of hydrogen-bond donors (Lipinski definition) is 2. The zero-order valence-corrected chi connectivity index (χ0v) is 14.6. The highest BCUT2D eigenvalue weighted by Crippen LogP contribution is 2.46. The van der Waals surface area contributed by atoms with Crippen LogP contribution < -0.4 is 5.32 Å². The van der Waals surface area contributed by atoms with Crippen LogP contribution in [0.1, 0.15) is 43.7 Å². The molecular formula is C18H28NO3P. The van der Waals surface area contributed by atoms with Crippen LogP contribution in [-0.4, -0.2) is 36.5 Å². The molecule has 0 aromatic heterocycles. The zero-order valence-electron chi connectivity index (χ0n) is 13.7. The minimum absolute atomic E-state index is 0.144. The average Bonchev–Trinajstić information content (AvgIpc) is 2.56. The van der Waals surface area contributed by atoms with E-state index in [-0.39, 0.29) is 18.3 Å². The molecule has 3 atom stereocenters. The molecule has 2 unspecified atom stereocenters. The van der Waals surface area contributed by atoms with Crippen LogP contribution in [0.25, 0.3) is 0 Å². The van der Waals surface area contributed by atoms with E-state index in [2.05, 4.69) is 17.4 Å². The molecule has 0 radical (unpaired) electrons. The lowest BCUT2D eigenvalue weighted by Gasteiger charge is -2.32. The van der Waals surface area contributed by atoms with E-state index < -0.39 is 7.37 Å². The maximum absolute atomic E-state index is 12.5. The van der Waals surface area contributed by atoms with Gasteiger partial charge in [0.15, 0.2) is 0 Å². The fourth-order valence-electron chi connectivity index (χ4n) is 3.81. The van der Waals surface area contributed by atoms with Crippen molar-refractivity contribution in [3.63, 3.8) is 0 Å². The van der Waals surface area contributed by atoms with Gasteiger partial charge in [0.1, 0.15) is 0 Å². The maximum Gasteiger partial charge on any atom is 0.203 e. The van der Waals surface area contributed by atoms with Gasteiger partial charge >= 0.3 is 0 Å². The highest BCUT2D eigenvalue weighted by atomic mass is 31.2. The van der Waals surface area contributed by atoms with Gasteiger partial charge in [-0.05, 0) is 24.3 Å². The van der Waals surface area contributed by atoms with E-state index in [9.17, 15) is 9.46 Å². The SMILES string of the molecule is O=P(O)(CC1CCCCC1)CC1CN[C@H](c2ccccc2)CO1. The lowest BCUT2D eigenvalue weighted by atomic mass is 9.91. The number of benzene rings is 1. The molecule has 2 fully saturated rings. The van der Waals surface area contributed by atoms with Gasteiger partial charge in [-0.3, -0.25) is 4.57 Å². The van der Waals surface area contributed by atoms with Crippen molar-refractivity contribution >= 4 is 7.37 Å². The van der Waals surface area contributed by atoms with Crippen molar-refractivity contribution in [1.82, 2.24) is 5.32 Å². The summed E-state index contributed by atoms with van der Waals surface area (Å²) in [6.45, 7) is 1.22. The molecule has 0 amide bonds. The summed E-state index contributed by atoms with van der Waals surface area (Å²) in [5.74, 6) is 0.438. The molecule has 1 aliphatic heterocycles. The first-order valence-corrected chi connectivity index (χ1v) is 10.9. The summed E-state index contributed by atoms with van der Waals surface area (Å²) in [6, 6.07) is 10.4. The van der Waals surface area contributed by atoms with Gasteiger partial charge in [0.2, 0.25) is 7.37 Å². The predicted molar refractivity (Wildman–Crippen MR) is 93.1 cm³/mol.